The first-order valence-corrected chi connectivity index (χ1v) is 7.53. The molecule has 1 unspecified atom stereocenters. The van der Waals surface area contributed by atoms with Gasteiger partial charge in [0.1, 0.15) is 5.82 Å². The Bertz CT molecular complexity index is 439. The fourth-order valence-electron chi connectivity index (χ4n) is 3.10. The minimum atomic E-state index is -0.288. The molecule has 0 spiro atoms. The van der Waals surface area contributed by atoms with Crippen LogP contribution in [0.2, 0.25) is 0 Å². The Morgan fingerprint density at radius 1 is 1.40 bits per heavy atom. The molecule has 0 aromatic heterocycles. The summed E-state index contributed by atoms with van der Waals surface area (Å²) in [7, 11) is 2.06. The Morgan fingerprint density at radius 3 is 2.60 bits per heavy atom. The van der Waals surface area contributed by atoms with Crippen LogP contribution < -0.4 is 10.6 Å². The largest absolute Gasteiger partial charge is 0.371 e. The fourth-order valence-corrected chi connectivity index (χ4v) is 3.10. The highest BCUT2D eigenvalue weighted by molar-refractivity contribution is 5.55. The maximum absolute atomic E-state index is 14.0. The Morgan fingerprint density at radius 2 is 2.05 bits per heavy atom. The van der Waals surface area contributed by atoms with Gasteiger partial charge in [-0.15, -0.1) is 0 Å². The van der Waals surface area contributed by atoms with Crippen LogP contribution in [0.4, 0.5) is 10.1 Å². The van der Waals surface area contributed by atoms with Crippen LogP contribution in [0, 0.1) is 5.82 Å². The van der Waals surface area contributed by atoms with Crippen LogP contribution in [0.15, 0.2) is 18.2 Å². The number of hydrogen-bond acceptors (Lipinski definition) is 3. The van der Waals surface area contributed by atoms with Crippen molar-refractivity contribution in [1.29, 1.82) is 0 Å². The molecule has 1 aromatic carbocycles. The number of likely N-dealkylation sites (tertiary alicyclic amines) is 1. The Labute approximate surface area is 121 Å². The number of piperidine rings is 1. The minimum Gasteiger partial charge on any atom is -0.371 e. The highest BCUT2D eigenvalue weighted by Crippen LogP contribution is 2.30. The molecular formula is C16H26FN3. The average molecular weight is 279 g/mol. The predicted molar refractivity (Wildman–Crippen MR) is 82.5 cm³/mol. The molecule has 1 aliphatic heterocycles. The summed E-state index contributed by atoms with van der Waals surface area (Å²) >= 11 is 0. The van der Waals surface area contributed by atoms with Gasteiger partial charge in [-0.2, -0.15) is 0 Å². The monoisotopic (exact) mass is 279 g/mol. The quantitative estimate of drug-likeness (QED) is 0.920. The molecule has 1 aliphatic rings. The van der Waals surface area contributed by atoms with Gasteiger partial charge in [0.25, 0.3) is 0 Å². The maximum atomic E-state index is 14.0. The van der Waals surface area contributed by atoms with Crippen molar-refractivity contribution >= 4 is 5.69 Å². The highest BCUT2D eigenvalue weighted by atomic mass is 19.1. The summed E-state index contributed by atoms with van der Waals surface area (Å²) < 4.78 is 14.0. The van der Waals surface area contributed by atoms with E-state index in [4.69, 9.17) is 5.73 Å². The van der Waals surface area contributed by atoms with Gasteiger partial charge in [-0.05, 0) is 38.4 Å². The second-order valence-corrected chi connectivity index (χ2v) is 5.74. The normalized spacial score (nSPS) is 19.1. The van der Waals surface area contributed by atoms with E-state index in [2.05, 4.69) is 23.8 Å². The van der Waals surface area contributed by atoms with E-state index in [1.165, 1.54) is 6.07 Å². The van der Waals surface area contributed by atoms with Crippen molar-refractivity contribution in [2.75, 3.05) is 31.6 Å². The zero-order valence-corrected chi connectivity index (χ0v) is 12.8. The van der Waals surface area contributed by atoms with Gasteiger partial charge in [-0.1, -0.05) is 13.0 Å². The first-order valence-electron chi connectivity index (χ1n) is 7.53. The Kier molecular flexibility index (Phi) is 5.00. The smallest absolute Gasteiger partial charge is 0.130 e. The highest BCUT2D eigenvalue weighted by Gasteiger charge is 2.24. The summed E-state index contributed by atoms with van der Waals surface area (Å²) in [6.45, 7) is 7.39. The van der Waals surface area contributed by atoms with Crippen LogP contribution >= 0.6 is 0 Å². The maximum Gasteiger partial charge on any atom is 0.130 e. The van der Waals surface area contributed by atoms with Gasteiger partial charge < -0.3 is 15.5 Å². The van der Waals surface area contributed by atoms with Gasteiger partial charge in [0.2, 0.25) is 0 Å². The van der Waals surface area contributed by atoms with Gasteiger partial charge in [-0.25, -0.2) is 4.39 Å². The van der Waals surface area contributed by atoms with Crippen molar-refractivity contribution in [2.24, 2.45) is 5.73 Å². The average Bonchev–Trinajstić information content (AvgIpc) is 2.46. The zero-order chi connectivity index (χ0) is 14.7. The van der Waals surface area contributed by atoms with Crippen molar-refractivity contribution in [1.82, 2.24) is 4.90 Å². The number of rotatable bonds is 4. The molecule has 0 bridgehead atoms. The molecule has 1 atom stereocenters. The lowest BCUT2D eigenvalue weighted by molar-refractivity contribution is 0.220. The number of halogens is 1. The second kappa shape index (κ2) is 6.55. The van der Waals surface area contributed by atoms with Crippen LogP contribution in [-0.2, 0) is 0 Å². The summed E-state index contributed by atoms with van der Waals surface area (Å²) in [5.41, 5.74) is 7.52. The van der Waals surface area contributed by atoms with Crippen LogP contribution in [0.25, 0.3) is 0 Å². The number of hydrogen-bond donors (Lipinski definition) is 1. The molecule has 0 amide bonds. The summed E-state index contributed by atoms with van der Waals surface area (Å²) in [5, 5.41) is 0. The zero-order valence-electron chi connectivity index (χ0n) is 12.8. The summed E-state index contributed by atoms with van der Waals surface area (Å²) in [6.07, 6.45) is 2.25. The molecule has 4 heteroatoms. The lowest BCUT2D eigenvalue weighted by Crippen LogP contribution is -2.43. The van der Waals surface area contributed by atoms with Crippen molar-refractivity contribution < 1.29 is 4.39 Å². The van der Waals surface area contributed by atoms with E-state index in [1.807, 2.05) is 13.0 Å². The van der Waals surface area contributed by atoms with E-state index < -0.39 is 0 Å². The molecule has 0 aliphatic carbocycles. The van der Waals surface area contributed by atoms with E-state index >= 15 is 0 Å². The van der Waals surface area contributed by atoms with Crippen molar-refractivity contribution in [3.05, 3.63) is 29.6 Å². The first-order chi connectivity index (χ1) is 9.54. The van der Waals surface area contributed by atoms with Gasteiger partial charge in [-0.3, -0.25) is 0 Å². The van der Waals surface area contributed by atoms with E-state index in [1.54, 1.807) is 6.07 Å². The van der Waals surface area contributed by atoms with E-state index in [0.717, 1.165) is 38.2 Å². The van der Waals surface area contributed by atoms with Gasteiger partial charge in [0, 0.05) is 43.5 Å². The van der Waals surface area contributed by atoms with Crippen LogP contribution in [0.1, 0.15) is 38.3 Å². The molecule has 3 nitrogen and oxygen atoms in total. The minimum absolute atomic E-state index is 0.199. The molecular weight excluding hydrogens is 253 g/mol. The molecule has 0 radical (unpaired) electrons. The van der Waals surface area contributed by atoms with Crippen molar-refractivity contribution in [3.8, 4) is 0 Å². The molecule has 2 N–H and O–H groups in total. The Hall–Kier alpha value is -1.13. The topological polar surface area (TPSA) is 32.5 Å². The molecule has 1 aromatic rings. The molecule has 1 saturated heterocycles. The van der Waals surface area contributed by atoms with Crippen LogP contribution in [0.5, 0.6) is 0 Å². The third-order valence-corrected chi connectivity index (χ3v) is 4.42. The summed E-state index contributed by atoms with van der Waals surface area (Å²) in [5.74, 6) is -0.199. The molecule has 1 heterocycles. The summed E-state index contributed by atoms with van der Waals surface area (Å²) in [4.78, 5) is 4.68. The fraction of sp³-hybridized carbons (Fsp3) is 0.625. The van der Waals surface area contributed by atoms with Gasteiger partial charge in [0.05, 0.1) is 0 Å². The molecule has 20 heavy (non-hydrogen) atoms. The van der Waals surface area contributed by atoms with Crippen molar-refractivity contribution in [3.63, 3.8) is 0 Å². The van der Waals surface area contributed by atoms with E-state index in [9.17, 15) is 4.39 Å². The number of nitrogens with zero attached hydrogens (tertiary/aromatic N) is 2. The third-order valence-electron chi connectivity index (χ3n) is 4.42. The predicted octanol–water partition coefficient (Wildman–Crippen LogP) is 2.77. The first kappa shape index (κ1) is 15.3. The third kappa shape index (κ3) is 3.13. The molecule has 112 valence electrons. The number of nitrogens with two attached hydrogens (primary N) is 1. The Balaban J connectivity index is 2.17. The van der Waals surface area contributed by atoms with E-state index in [0.29, 0.717) is 11.6 Å². The second-order valence-electron chi connectivity index (χ2n) is 5.74. The van der Waals surface area contributed by atoms with Crippen molar-refractivity contribution in [2.45, 2.75) is 38.8 Å². The molecule has 0 saturated carbocycles. The standard InChI is InChI=1S/C16H26FN3/c1-4-20-10-8-13(9-11-20)19(3)15-7-5-6-14(17)16(15)12(2)18/h5-7,12-13H,4,8-11,18H2,1-3H3. The lowest BCUT2D eigenvalue weighted by atomic mass is 9.99. The molecule has 2 rings (SSSR count). The van der Waals surface area contributed by atoms with Gasteiger partial charge >= 0.3 is 0 Å². The lowest BCUT2D eigenvalue weighted by Gasteiger charge is -2.38. The SMILES string of the molecule is CCN1CCC(N(C)c2cccc(F)c2C(C)N)CC1. The van der Waals surface area contributed by atoms with Crippen LogP contribution in [-0.4, -0.2) is 37.6 Å². The molecule has 1 fully saturated rings. The van der Waals surface area contributed by atoms with Crippen LogP contribution in [0.3, 0.4) is 0 Å². The summed E-state index contributed by atoms with van der Waals surface area (Å²) in [6, 6.07) is 5.43. The number of anilines is 1. The van der Waals surface area contributed by atoms with Gasteiger partial charge in [0.15, 0.2) is 0 Å². The number of benzene rings is 1. The van der Waals surface area contributed by atoms with E-state index in [-0.39, 0.29) is 11.9 Å².